The van der Waals surface area contributed by atoms with Crippen LogP contribution in [-0.2, 0) is 11.8 Å². The number of nitro benzene ring substituents is 1. The highest BCUT2D eigenvalue weighted by atomic mass is 16.6. The van der Waals surface area contributed by atoms with Gasteiger partial charge in [0, 0.05) is 30.8 Å². The zero-order valence-corrected chi connectivity index (χ0v) is 18.3. The zero-order chi connectivity index (χ0) is 22.5. The predicted molar refractivity (Wildman–Crippen MR) is 125 cm³/mol. The van der Waals surface area contributed by atoms with Gasteiger partial charge in [0.05, 0.1) is 22.1 Å². The number of anilines is 1. The van der Waals surface area contributed by atoms with Gasteiger partial charge in [-0.1, -0.05) is 42.5 Å². The van der Waals surface area contributed by atoms with Crippen molar-refractivity contribution in [3.63, 3.8) is 0 Å². The first kappa shape index (κ1) is 20.0. The Morgan fingerprint density at radius 2 is 1.75 bits per heavy atom. The molecule has 2 aliphatic heterocycles. The van der Waals surface area contributed by atoms with Crippen molar-refractivity contribution >= 4 is 22.8 Å². The summed E-state index contributed by atoms with van der Waals surface area (Å²) >= 11 is 0. The number of hydrogen-bond acceptors (Lipinski definition) is 4. The van der Waals surface area contributed by atoms with Gasteiger partial charge in [-0.3, -0.25) is 10.1 Å². The Balaban J connectivity index is 1.58. The molecule has 0 fully saturated rings. The minimum atomic E-state index is -0.364. The lowest BCUT2D eigenvalue weighted by Gasteiger charge is -2.23. The number of fused-ring (bicyclic) bond motifs is 2. The average Bonchev–Trinajstić information content (AvgIpc) is 3.22. The van der Waals surface area contributed by atoms with Gasteiger partial charge < -0.3 is 9.64 Å². The number of nitrogens with zero attached hydrogens (tertiary/aromatic N) is 3. The van der Waals surface area contributed by atoms with E-state index >= 15 is 0 Å². The van der Waals surface area contributed by atoms with E-state index in [0.717, 1.165) is 34.3 Å². The van der Waals surface area contributed by atoms with Gasteiger partial charge in [0.2, 0.25) is 11.6 Å². The fourth-order valence-electron chi connectivity index (χ4n) is 4.82. The lowest BCUT2D eigenvalue weighted by Crippen LogP contribution is -2.34. The SMILES string of the molecule is CN1/C(=C/C2=[N+](C)c3ccccc3C2(C)Cc2ccc([N+](=O)[O-])cc2)Oc2ccccc21. The molecule has 3 aromatic rings. The number of benzene rings is 3. The molecule has 0 aromatic heterocycles. The first-order chi connectivity index (χ1) is 15.4. The van der Waals surface area contributed by atoms with Crippen LogP contribution < -0.4 is 9.64 Å². The fraction of sp³-hybridized carbons (Fsp3) is 0.192. The molecule has 6 heteroatoms. The first-order valence-electron chi connectivity index (χ1n) is 10.5. The van der Waals surface area contributed by atoms with Crippen molar-refractivity contribution in [1.82, 2.24) is 0 Å². The Kier molecular flexibility index (Phi) is 4.59. The lowest BCUT2D eigenvalue weighted by atomic mass is 9.74. The van der Waals surface area contributed by atoms with Crippen LogP contribution in [-0.4, -0.2) is 29.3 Å². The second-order valence-corrected chi connectivity index (χ2v) is 8.51. The summed E-state index contributed by atoms with van der Waals surface area (Å²) in [7, 11) is 4.09. The number of allylic oxidation sites excluding steroid dienone is 1. The highest BCUT2D eigenvalue weighted by Crippen LogP contribution is 2.44. The van der Waals surface area contributed by atoms with E-state index in [1.165, 1.54) is 5.56 Å². The van der Waals surface area contributed by atoms with E-state index in [1.54, 1.807) is 12.1 Å². The van der Waals surface area contributed by atoms with Crippen LogP contribution in [0.1, 0.15) is 18.1 Å². The Bertz CT molecular complexity index is 1290. The van der Waals surface area contributed by atoms with Crippen LogP contribution >= 0.6 is 0 Å². The predicted octanol–water partition coefficient (Wildman–Crippen LogP) is 5.19. The second-order valence-electron chi connectivity index (χ2n) is 8.51. The van der Waals surface area contributed by atoms with Crippen molar-refractivity contribution in [2.24, 2.45) is 0 Å². The summed E-state index contributed by atoms with van der Waals surface area (Å²) in [6.45, 7) is 2.23. The Hall–Kier alpha value is -3.93. The minimum Gasteiger partial charge on any atom is -0.438 e. The number of ether oxygens (including phenoxy) is 1. The molecule has 32 heavy (non-hydrogen) atoms. The van der Waals surface area contributed by atoms with Crippen molar-refractivity contribution in [2.75, 3.05) is 19.0 Å². The third-order valence-corrected chi connectivity index (χ3v) is 6.52. The standard InChI is InChI=1S/C26H24N3O3/c1-26(17-18-12-14-19(15-13-18)29(30)31)20-8-4-5-9-21(20)27(2)24(26)16-25-28(3)22-10-6-7-11-23(22)32-25/h4-16H,17H2,1-3H3/q+1. The fourth-order valence-corrected chi connectivity index (χ4v) is 4.82. The smallest absolute Gasteiger partial charge is 0.269 e. The molecular formula is C26H24N3O3+. The molecule has 0 N–H and O–H groups in total. The van der Waals surface area contributed by atoms with E-state index in [1.807, 2.05) is 49.5 Å². The normalized spacial score (nSPS) is 20.3. The van der Waals surface area contributed by atoms with E-state index < -0.39 is 0 Å². The summed E-state index contributed by atoms with van der Waals surface area (Å²) in [6.07, 6.45) is 2.83. The number of nitro groups is 1. The summed E-state index contributed by atoms with van der Waals surface area (Å²) in [5.74, 6) is 1.62. The maximum atomic E-state index is 11.1. The average molecular weight is 426 g/mol. The van der Waals surface area contributed by atoms with Crippen LogP contribution in [0, 0.1) is 10.1 Å². The molecule has 160 valence electrons. The highest BCUT2D eigenvalue weighted by Gasteiger charge is 2.47. The van der Waals surface area contributed by atoms with Crippen LogP contribution in [0.5, 0.6) is 5.75 Å². The molecule has 0 bridgehead atoms. The molecule has 0 spiro atoms. The Morgan fingerprint density at radius 1 is 1.06 bits per heavy atom. The van der Waals surface area contributed by atoms with Gasteiger partial charge in [0.1, 0.15) is 7.05 Å². The summed E-state index contributed by atoms with van der Waals surface area (Å²) in [6, 6.07) is 23.2. The molecule has 3 aromatic carbocycles. The Morgan fingerprint density at radius 3 is 2.47 bits per heavy atom. The molecule has 6 nitrogen and oxygen atoms in total. The van der Waals surface area contributed by atoms with Gasteiger partial charge in [-0.05, 0) is 31.0 Å². The molecule has 0 saturated carbocycles. The molecule has 0 aliphatic carbocycles. The van der Waals surface area contributed by atoms with Crippen LogP contribution in [0.3, 0.4) is 0 Å². The molecule has 2 aliphatic rings. The zero-order valence-electron chi connectivity index (χ0n) is 18.3. The third kappa shape index (κ3) is 3.07. The molecule has 0 amide bonds. The second kappa shape index (κ2) is 7.34. The number of rotatable bonds is 4. The van der Waals surface area contributed by atoms with Crippen molar-refractivity contribution in [3.8, 4) is 5.75 Å². The summed E-state index contributed by atoms with van der Waals surface area (Å²) in [5.41, 5.74) is 5.36. The molecule has 5 rings (SSSR count). The van der Waals surface area contributed by atoms with E-state index in [0.29, 0.717) is 6.42 Å². The van der Waals surface area contributed by atoms with E-state index in [9.17, 15) is 10.1 Å². The van der Waals surface area contributed by atoms with Gasteiger partial charge >= 0.3 is 0 Å². The highest BCUT2D eigenvalue weighted by molar-refractivity contribution is 6.04. The number of para-hydroxylation sites is 3. The van der Waals surface area contributed by atoms with Crippen molar-refractivity contribution in [2.45, 2.75) is 18.8 Å². The minimum absolute atomic E-state index is 0.105. The van der Waals surface area contributed by atoms with Gasteiger partial charge in [-0.25, -0.2) is 0 Å². The van der Waals surface area contributed by atoms with E-state index in [4.69, 9.17) is 4.74 Å². The quantitative estimate of drug-likeness (QED) is 0.327. The summed E-state index contributed by atoms with van der Waals surface area (Å²) in [5, 5.41) is 11.1. The van der Waals surface area contributed by atoms with Gasteiger partial charge in [0.25, 0.3) is 5.69 Å². The molecular weight excluding hydrogens is 402 g/mol. The molecule has 0 radical (unpaired) electrons. The van der Waals surface area contributed by atoms with E-state index in [-0.39, 0.29) is 16.0 Å². The number of non-ortho nitro benzene ring substituents is 1. The van der Waals surface area contributed by atoms with Gasteiger partial charge in [0.15, 0.2) is 11.5 Å². The monoisotopic (exact) mass is 426 g/mol. The van der Waals surface area contributed by atoms with E-state index in [2.05, 4.69) is 47.7 Å². The van der Waals surface area contributed by atoms with Gasteiger partial charge in [-0.2, -0.15) is 4.58 Å². The third-order valence-electron chi connectivity index (χ3n) is 6.52. The molecule has 0 saturated heterocycles. The molecule has 1 unspecified atom stereocenters. The topological polar surface area (TPSA) is 58.6 Å². The maximum absolute atomic E-state index is 11.1. The lowest BCUT2D eigenvalue weighted by molar-refractivity contribution is -0.401. The first-order valence-corrected chi connectivity index (χ1v) is 10.5. The largest absolute Gasteiger partial charge is 0.438 e. The molecule has 2 heterocycles. The van der Waals surface area contributed by atoms with Crippen molar-refractivity contribution in [1.29, 1.82) is 0 Å². The van der Waals surface area contributed by atoms with Crippen LogP contribution in [0.25, 0.3) is 0 Å². The van der Waals surface area contributed by atoms with Crippen molar-refractivity contribution in [3.05, 3.63) is 106 Å². The Labute approximate surface area is 186 Å². The van der Waals surface area contributed by atoms with Crippen molar-refractivity contribution < 1.29 is 14.2 Å². The van der Waals surface area contributed by atoms with Crippen LogP contribution in [0.15, 0.2) is 84.8 Å². The van der Waals surface area contributed by atoms with Gasteiger partial charge in [-0.15, -0.1) is 0 Å². The molecule has 1 atom stereocenters. The number of hydrogen-bond donors (Lipinski definition) is 0. The summed E-state index contributed by atoms with van der Waals surface area (Å²) in [4.78, 5) is 12.8. The summed E-state index contributed by atoms with van der Waals surface area (Å²) < 4.78 is 8.39. The maximum Gasteiger partial charge on any atom is 0.269 e. The van der Waals surface area contributed by atoms with Crippen LogP contribution in [0.2, 0.25) is 0 Å². The van der Waals surface area contributed by atoms with Crippen LogP contribution in [0.4, 0.5) is 17.1 Å².